The van der Waals surface area contributed by atoms with Gasteiger partial charge in [-0.05, 0) is 38.8 Å². The second-order valence-corrected chi connectivity index (χ2v) is 6.25. The van der Waals surface area contributed by atoms with E-state index in [4.69, 9.17) is 0 Å². The molecule has 1 heterocycles. The van der Waals surface area contributed by atoms with Crippen LogP contribution in [0, 0.1) is 0 Å². The van der Waals surface area contributed by atoms with E-state index in [9.17, 15) is 8.42 Å². The molecule has 1 saturated heterocycles. The average molecular weight is 189 g/mol. The fourth-order valence-electron chi connectivity index (χ4n) is 1.79. The van der Waals surface area contributed by atoms with Crippen molar-refractivity contribution < 1.29 is 8.42 Å². The Labute approximate surface area is 73.5 Å². The van der Waals surface area contributed by atoms with Crippen LogP contribution in [0.5, 0.6) is 0 Å². The van der Waals surface area contributed by atoms with E-state index in [0.717, 1.165) is 38.8 Å². The van der Waals surface area contributed by atoms with E-state index < -0.39 is 9.84 Å². The predicted octanol–water partition coefficient (Wildman–Crippen LogP) is 0.316. The third-order valence-electron chi connectivity index (χ3n) is 2.74. The van der Waals surface area contributed by atoms with Crippen LogP contribution in [0.2, 0.25) is 0 Å². The number of nitrogens with one attached hydrogen (secondary N) is 1. The van der Waals surface area contributed by atoms with Crippen LogP contribution in [0.15, 0.2) is 0 Å². The van der Waals surface area contributed by atoms with Gasteiger partial charge < -0.3 is 5.32 Å². The van der Waals surface area contributed by atoms with E-state index >= 15 is 0 Å². The first-order chi connectivity index (χ1) is 5.71. The quantitative estimate of drug-likeness (QED) is 0.680. The maximum absolute atomic E-state index is 11.7. The zero-order chi connectivity index (χ0) is 8.60. The van der Waals surface area contributed by atoms with E-state index in [-0.39, 0.29) is 10.5 Å². The summed E-state index contributed by atoms with van der Waals surface area (Å²) in [7, 11) is -2.73. The lowest BCUT2D eigenvalue weighted by atomic mass is 10.2. The first-order valence-corrected chi connectivity index (χ1v) is 6.25. The van der Waals surface area contributed by atoms with Crippen LogP contribution >= 0.6 is 0 Å². The van der Waals surface area contributed by atoms with Crippen molar-refractivity contribution in [1.82, 2.24) is 5.32 Å². The third kappa shape index (κ3) is 1.50. The summed E-state index contributed by atoms with van der Waals surface area (Å²) in [6.45, 7) is 1.74. The van der Waals surface area contributed by atoms with E-state index in [2.05, 4.69) is 5.32 Å². The maximum atomic E-state index is 11.7. The summed E-state index contributed by atoms with van der Waals surface area (Å²) in [5.74, 6) is 0. The lowest BCUT2D eigenvalue weighted by Gasteiger charge is -2.22. The van der Waals surface area contributed by atoms with Gasteiger partial charge in [-0.3, -0.25) is 0 Å². The van der Waals surface area contributed by atoms with Crippen LogP contribution in [-0.4, -0.2) is 32.0 Å². The minimum Gasteiger partial charge on any atom is -0.317 e. The van der Waals surface area contributed by atoms with Crippen LogP contribution in [0.3, 0.4) is 0 Å². The SMILES string of the molecule is O=S(=O)(C1CCNCC1)C1CC1. The molecule has 1 N–H and O–H groups in total. The van der Waals surface area contributed by atoms with Crippen LogP contribution in [-0.2, 0) is 9.84 Å². The van der Waals surface area contributed by atoms with Crippen LogP contribution in [0.25, 0.3) is 0 Å². The highest BCUT2D eigenvalue weighted by Gasteiger charge is 2.41. The molecule has 0 spiro atoms. The molecule has 70 valence electrons. The van der Waals surface area contributed by atoms with Gasteiger partial charge in [0.25, 0.3) is 0 Å². The summed E-state index contributed by atoms with van der Waals surface area (Å²) in [4.78, 5) is 0. The van der Waals surface area contributed by atoms with Gasteiger partial charge in [0, 0.05) is 0 Å². The summed E-state index contributed by atoms with van der Waals surface area (Å²) in [5.41, 5.74) is 0. The van der Waals surface area contributed by atoms with Gasteiger partial charge in [0.2, 0.25) is 0 Å². The van der Waals surface area contributed by atoms with Gasteiger partial charge in [-0.2, -0.15) is 0 Å². The molecule has 12 heavy (non-hydrogen) atoms. The van der Waals surface area contributed by atoms with Crippen molar-refractivity contribution >= 4 is 9.84 Å². The molecular weight excluding hydrogens is 174 g/mol. The summed E-state index contributed by atoms with van der Waals surface area (Å²) in [6, 6.07) is 0. The molecule has 0 unspecified atom stereocenters. The zero-order valence-corrected chi connectivity index (χ0v) is 7.94. The Hall–Kier alpha value is -0.0900. The van der Waals surface area contributed by atoms with Gasteiger partial charge in [-0.1, -0.05) is 0 Å². The Bertz CT molecular complexity index is 250. The molecule has 3 nitrogen and oxygen atoms in total. The molecule has 2 fully saturated rings. The fraction of sp³-hybridized carbons (Fsp3) is 1.00. The molecule has 0 aromatic carbocycles. The number of hydrogen-bond acceptors (Lipinski definition) is 3. The molecule has 4 heteroatoms. The standard InChI is InChI=1S/C8H15NO2S/c10-12(11,7-1-2-7)8-3-5-9-6-4-8/h7-9H,1-6H2. The third-order valence-corrected chi connectivity index (χ3v) is 5.54. The molecule has 0 bridgehead atoms. The molecule has 2 rings (SSSR count). The van der Waals surface area contributed by atoms with E-state index in [0.29, 0.717) is 0 Å². The highest BCUT2D eigenvalue weighted by atomic mass is 32.2. The van der Waals surface area contributed by atoms with Crippen molar-refractivity contribution in [2.75, 3.05) is 13.1 Å². The molecule has 0 radical (unpaired) electrons. The number of rotatable bonds is 2. The normalized spacial score (nSPS) is 27.3. The molecule has 0 aromatic heterocycles. The Balaban J connectivity index is 2.05. The van der Waals surface area contributed by atoms with Crippen LogP contribution < -0.4 is 5.32 Å². The minimum atomic E-state index is -2.73. The summed E-state index contributed by atoms with van der Waals surface area (Å²) in [6.07, 6.45) is 3.45. The first kappa shape index (κ1) is 8.51. The van der Waals surface area contributed by atoms with Crippen molar-refractivity contribution in [2.24, 2.45) is 0 Å². The van der Waals surface area contributed by atoms with Gasteiger partial charge in [-0.25, -0.2) is 8.42 Å². The van der Waals surface area contributed by atoms with Crippen molar-refractivity contribution in [1.29, 1.82) is 0 Å². The van der Waals surface area contributed by atoms with E-state index in [1.54, 1.807) is 0 Å². The second-order valence-electron chi connectivity index (χ2n) is 3.74. The summed E-state index contributed by atoms with van der Waals surface area (Å²) in [5, 5.41) is 3.17. The topological polar surface area (TPSA) is 46.2 Å². The van der Waals surface area contributed by atoms with Crippen LogP contribution in [0.1, 0.15) is 25.7 Å². The van der Waals surface area contributed by atoms with Crippen molar-refractivity contribution in [3.8, 4) is 0 Å². The number of sulfone groups is 1. The largest absolute Gasteiger partial charge is 0.317 e. The van der Waals surface area contributed by atoms with Gasteiger partial charge >= 0.3 is 0 Å². The molecule has 1 saturated carbocycles. The zero-order valence-electron chi connectivity index (χ0n) is 7.12. The lowest BCUT2D eigenvalue weighted by Crippen LogP contribution is -2.37. The summed E-state index contributed by atoms with van der Waals surface area (Å²) >= 11 is 0. The number of hydrogen-bond donors (Lipinski definition) is 1. The Kier molecular flexibility index (Phi) is 2.12. The minimum absolute atomic E-state index is 0.0283. The molecular formula is C8H15NO2S. The van der Waals surface area contributed by atoms with E-state index in [1.165, 1.54) is 0 Å². The fourth-order valence-corrected chi connectivity index (χ4v) is 4.02. The van der Waals surface area contributed by atoms with Crippen molar-refractivity contribution in [2.45, 2.75) is 36.2 Å². The van der Waals surface area contributed by atoms with Gasteiger partial charge in [-0.15, -0.1) is 0 Å². The molecule has 0 aromatic rings. The van der Waals surface area contributed by atoms with Crippen molar-refractivity contribution in [3.05, 3.63) is 0 Å². The van der Waals surface area contributed by atoms with Gasteiger partial charge in [0.1, 0.15) is 0 Å². The Morgan fingerprint density at radius 3 is 1.92 bits per heavy atom. The lowest BCUT2D eigenvalue weighted by molar-refractivity contribution is 0.495. The van der Waals surface area contributed by atoms with Crippen molar-refractivity contribution in [3.63, 3.8) is 0 Å². The average Bonchev–Trinajstić information content (AvgIpc) is 2.88. The monoisotopic (exact) mass is 189 g/mol. The predicted molar refractivity (Wildman–Crippen MR) is 47.8 cm³/mol. The van der Waals surface area contributed by atoms with Gasteiger partial charge in [0.05, 0.1) is 10.5 Å². The van der Waals surface area contributed by atoms with Gasteiger partial charge in [0.15, 0.2) is 9.84 Å². The Morgan fingerprint density at radius 1 is 0.917 bits per heavy atom. The maximum Gasteiger partial charge on any atom is 0.156 e. The van der Waals surface area contributed by atoms with Crippen LogP contribution in [0.4, 0.5) is 0 Å². The highest BCUT2D eigenvalue weighted by Crippen LogP contribution is 2.33. The molecule has 1 aliphatic heterocycles. The molecule has 2 aliphatic rings. The Morgan fingerprint density at radius 2 is 1.42 bits per heavy atom. The summed E-state index contributed by atoms with van der Waals surface area (Å²) < 4.78 is 23.4. The smallest absolute Gasteiger partial charge is 0.156 e. The van der Waals surface area contributed by atoms with E-state index in [1.807, 2.05) is 0 Å². The molecule has 0 amide bonds. The first-order valence-electron chi connectivity index (χ1n) is 4.64. The highest BCUT2D eigenvalue weighted by molar-refractivity contribution is 7.92. The molecule has 1 aliphatic carbocycles. The number of piperidine rings is 1. The molecule has 0 atom stereocenters. The second kappa shape index (κ2) is 3.00.